The van der Waals surface area contributed by atoms with Crippen molar-refractivity contribution in [2.24, 2.45) is 5.73 Å². The third-order valence-electron chi connectivity index (χ3n) is 1.39. The van der Waals surface area contributed by atoms with Gasteiger partial charge in [-0.05, 0) is 13.3 Å². The molecule has 0 saturated heterocycles. The largest absolute Gasteiger partial charge is 0.695 e. The molecule has 0 saturated carbocycles. The Morgan fingerprint density at radius 2 is 2.27 bits per heavy atom. The quantitative estimate of drug-likeness (QED) is 0.623. The van der Waals surface area contributed by atoms with E-state index in [1.807, 2.05) is 6.92 Å². The fraction of sp³-hybridized carbons (Fsp3) is 1.00. The van der Waals surface area contributed by atoms with Gasteiger partial charge in [0.05, 0.1) is 0 Å². The summed E-state index contributed by atoms with van der Waals surface area (Å²) in [6.07, 6.45) is 1.32. The Morgan fingerprint density at radius 3 is 2.55 bits per heavy atom. The Hall–Kier alpha value is -0.0200. The molecule has 0 aromatic carbocycles. The molecule has 0 aliphatic rings. The molecule has 0 rings (SSSR count). The molecule has 11 heavy (non-hydrogen) atoms. The zero-order valence-corrected chi connectivity index (χ0v) is 7.75. The van der Waals surface area contributed by atoms with E-state index in [0.29, 0.717) is 0 Å². The van der Waals surface area contributed by atoms with Gasteiger partial charge in [0.15, 0.2) is 0 Å². The van der Waals surface area contributed by atoms with Crippen molar-refractivity contribution in [2.75, 3.05) is 0 Å². The fourth-order valence-corrected chi connectivity index (χ4v) is 1.34. The van der Waals surface area contributed by atoms with E-state index in [1.165, 1.54) is 0 Å². The highest BCUT2D eigenvalue weighted by atomic mass is 31.1. The Kier molecular flexibility index (Phi) is 5.60. The van der Waals surface area contributed by atoms with Crippen LogP contribution in [0.5, 0.6) is 0 Å². The SMILES string of the molecule is CCCC(O[P+](=O)O)C(C)N. The maximum atomic E-state index is 10.3. The highest BCUT2D eigenvalue weighted by Crippen LogP contribution is 2.21. The van der Waals surface area contributed by atoms with Gasteiger partial charge in [-0.2, -0.15) is 0 Å². The van der Waals surface area contributed by atoms with Gasteiger partial charge in [-0.3, -0.25) is 0 Å². The second kappa shape index (κ2) is 5.61. The van der Waals surface area contributed by atoms with E-state index in [0.717, 1.165) is 12.8 Å². The van der Waals surface area contributed by atoms with Crippen molar-refractivity contribution < 1.29 is 14.0 Å². The number of hydrogen-bond acceptors (Lipinski definition) is 3. The average molecular weight is 180 g/mol. The number of nitrogens with two attached hydrogens (primary N) is 1. The predicted molar refractivity (Wildman–Crippen MR) is 43.3 cm³/mol. The van der Waals surface area contributed by atoms with Gasteiger partial charge in [-0.15, -0.1) is 9.42 Å². The van der Waals surface area contributed by atoms with Gasteiger partial charge in [-0.25, -0.2) is 0 Å². The van der Waals surface area contributed by atoms with Crippen LogP contribution in [0.2, 0.25) is 0 Å². The fourth-order valence-electron chi connectivity index (χ4n) is 0.812. The van der Waals surface area contributed by atoms with Crippen LogP contribution in [-0.2, 0) is 9.09 Å². The van der Waals surface area contributed by atoms with Crippen LogP contribution < -0.4 is 5.73 Å². The van der Waals surface area contributed by atoms with Crippen molar-refractivity contribution in [2.45, 2.75) is 38.8 Å². The summed E-state index contributed by atoms with van der Waals surface area (Å²) in [4.78, 5) is 8.43. The van der Waals surface area contributed by atoms with Crippen molar-refractivity contribution in [1.82, 2.24) is 0 Å². The van der Waals surface area contributed by atoms with Gasteiger partial charge in [0.2, 0.25) is 0 Å². The molecule has 0 amide bonds. The average Bonchev–Trinajstić information content (AvgIpc) is 1.86. The molecule has 0 aromatic heterocycles. The Bertz CT molecular complexity index is 129. The van der Waals surface area contributed by atoms with Gasteiger partial charge in [0.25, 0.3) is 0 Å². The van der Waals surface area contributed by atoms with Crippen LogP contribution in [0, 0.1) is 0 Å². The third kappa shape index (κ3) is 5.27. The molecule has 0 spiro atoms. The van der Waals surface area contributed by atoms with Crippen LogP contribution in [0.15, 0.2) is 0 Å². The highest BCUT2D eigenvalue weighted by Gasteiger charge is 2.25. The molecule has 5 heteroatoms. The maximum Gasteiger partial charge on any atom is 0.695 e. The minimum atomic E-state index is -2.51. The summed E-state index contributed by atoms with van der Waals surface area (Å²) in [5.41, 5.74) is 5.51. The first-order valence-electron chi connectivity index (χ1n) is 3.66. The third-order valence-corrected chi connectivity index (χ3v) is 1.84. The summed E-state index contributed by atoms with van der Waals surface area (Å²) >= 11 is 0. The molecule has 66 valence electrons. The van der Waals surface area contributed by atoms with Crippen LogP contribution in [0.25, 0.3) is 0 Å². The van der Waals surface area contributed by atoms with Crippen LogP contribution in [-0.4, -0.2) is 17.0 Å². The Balaban J connectivity index is 3.79. The van der Waals surface area contributed by atoms with Crippen LogP contribution in [0.1, 0.15) is 26.7 Å². The summed E-state index contributed by atoms with van der Waals surface area (Å²) in [5, 5.41) is 0. The molecule has 0 fully saturated rings. The van der Waals surface area contributed by atoms with Gasteiger partial charge < -0.3 is 5.73 Å². The van der Waals surface area contributed by atoms with Crippen molar-refractivity contribution in [3.8, 4) is 0 Å². The lowest BCUT2D eigenvalue weighted by atomic mass is 10.1. The van der Waals surface area contributed by atoms with E-state index in [9.17, 15) is 4.57 Å². The predicted octanol–water partition coefficient (Wildman–Crippen LogP) is 1.17. The summed E-state index contributed by atoms with van der Waals surface area (Å²) in [6, 6.07) is -0.193. The molecule has 0 aliphatic heterocycles. The van der Waals surface area contributed by atoms with Crippen molar-refractivity contribution in [3.05, 3.63) is 0 Å². The normalized spacial score (nSPS) is 17.6. The second-order valence-corrected chi connectivity index (χ2v) is 3.22. The Labute approximate surface area is 67.7 Å². The van der Waals surface area contributed by atoms with E-state index in [4.69, 9.17) is 15.2 Å². The molecule has 4 nitrogen and oxygen atoms in total. The van der Waals surface area contributed by atoms with Gasteiger partial charge in [0.1, 0.15) is 6.10 Å². The Morgan fingerprint density at radius 1 is 1.73 bits per heavy atom. The second-order valence-electron chi connectivity index (χ2n) is 2.53. The highest BCUT2D eigenvalue weighted by molar-refractivity contribution is 7.32. The van der Waals surface area contributed by atoms with E-state index < -0.39 is 8.25 Å². The first kappa shape index (κ1) is 11.0. The van der Waals surface area contributed by atoms with E-state index in [1.54, 1.807) is 6.92 Å². The van der Waals surface area contributed by atoms with E-state index >= 15 is 0 Å². The molecule has 3 atom stereocenters. The van der Waals surface area contributed by atoms with Crippen molar-refractivity contribution >= 4 is 8.25 Å². The van der Waals surface area contributed by atoms with Gasteiger partial charge in [-0.1, -0.05) is 13.3 Å². The van der Waals surface area contributed by atoms with E-state index in [-0.39, 0.29) is 12.1 Å². The maximum absolute atomic E-state index is 10.3. The molecule has 0 radical (unpaired) electrons. The monoisotopic (exact) mass is 180 g/mol. The zero-order valence-electron chi connectivity index (χ0n) is 6.86. The molecule has 0 aromatic rings. The smallest absolute Gasteiger partial charge is 0.326 e. The summed E-state index contributed by atoms with van der Waals surface area (Å²) in [6.45, 7) is 3.74. The standard InChI is InChI=1S/C6H14NO3P/c1-3-4-6(5(2)7)10-11(8)9/h5-6H,3-4,7H2,1-2H3/p+1. The first-order valence-corrected chi connectivity index (χ1v) is 4.79. The van der Waals surface area contributed by atoms with Crippen molar-refractivity contribution in [3.63, 3.8) is 0 Å². The molecule has 0 aliphatic carbocycles. The zero-order chi connectivity index (χ0) is 8.85. The van der Waals surface area contributed by atoms with Gasteiger partial charge >= 0.3 is 8.25 Å². The first-order chi connectivity index (χ1) is 5.07. The molecular weight excluding hydrogens is 165 g/mol. The van der Waals surface area contributed by atoms with E-state index in [2.05, 4.69) is 0 Å². The molecular formula is C6H15NO3P+. The van der Waals surface area contributed by atoms with Gasteiger partial charge in [0, 0.05) is 10.6 Å². The molecule has 0 bridgehead atoms. The lowest BCUT2D eigenvalue weighted by molar-refractivity contribution is 0.157. The summed E-state index contributed by atoms with van der Waals surface area (Å²) in [7, 11) is -2.51. The summed E-state index contributed by atoms with van der Waals surface area (Å²) in [5.74, 6) is 0. The summed E-state index contributed by atoms with van der Waals surface area (Å²) < 4.78 is 15.0. The van der Waals surface area contributed by atoms with Crippen molar-refractivity contribution in [1.29, 1.82) is 0 Å². The minimum Gasteiger partial charge on any atom is -0.326 e. The molecule has 3 unspecified atom stereocenters. The molecule has 3 N–H and O–H groups in total. The minimum absolute atomic E-state index is 0.193. The number of hydrogen-bond donors (Lipinski definition) is 2. The van der Waals surface area contributed by atoms with Crippen LogP contribution >= 0.6 is 8.25 Å². The lowest BCUT2D eigenvalue weighted by Gasteiger charge is -2.11. The topological polar surface area (TPSA) is 72.5 Å². The lowest BCUT2D eigenvalue weighted by Crippen LogP contribution is -2.32. The molecule has 0 heterocycles. The number of rotatable bonds is 5. The van der Waals surface area contributed by atoms with Crippen LogP contribution in [0.4, 0.5) is 0 Å². The van der Waals surface area contributed by atoms with Crippen LogP contribution in [0.3, 0.4) is 0 Å².